The second kappa shape index (κ2) is 14.1. The number of ether oxygens (including phenoxy) is 1. The Morgan fingerprint density at radius 1 is 1.00 bits per heavy atom. The monoisotopic (exact) mass is 643 g/mol. The van der Waals surface area contributed by atoms with Gasteiger partial charge in [0.15, 0.2) is 11.9 Å². The van der Waals surface area contributed by atoms with E-state index in [1.165, 1.54) is 39.0 Å². The predicted molar refractivity (Wildman–Crippen MR) is 166 cm³/mol. The van der Waals surface area contributed by atoms with Gasteiger partial charge in [0.25, 0.3) is 0 Å². The van der Waals surface area contributed by atoms with Crippen LogP contribution in [0.5, 0.6) is 5.75 Å². The van der Waals surface area contributed by atoms with E-state index in [0.29, 0.717) is 5.82 Å². The number of piperazine rings is 1. The van der Waals surface area contributed by atoms with Gasteiger partial charge in [0.1, 0.15) is 17.6 Å². The molecule has 248 valence electrons. The number of hydrogen-bond donors (Lipinski definition) is 1. The topological polar surface area (TPSA) is 87.7 Å². The zero-order chi connectivity index (χ0) is 33.8. The van der Waals surface area contributed by atoms with Crippen molar-refractivity contribution in [3.63, 3.8) is 0 Å². The molecule has 1 fully saturated rings. The number of nitrogens with one attached hydrogen (secondary N) is 1. The van der Waals surface area contributed by atoms with Gasteiger partial charge in [-0.3, -0.25) is 14.5 Å². The highest BCUT2D eigenvalue weighted by Gasteiger charge is 2.49. The predicted octanol–water partition coefficient (Wildman–Crippen LogP) is 6.01. The minimum Gasteiger partial charge on any atom is -0.480 e. The van der Waals surface area contributed by atoms with Crippen molar-refractivity contribution in [2.75, 3.05) is 13.1 Å². The first kappa shape index (κ1) is 34.8. The maximum atomic E-state index is 15.2. The largest absolute Gasteiger partial charge is 0.480 e. The molecule has 4 rings (SSSR count). The highest BCUT2D eigenvalue weighted by Crippen LogP contribution is 2.38. The number of benzene rings is 2. The lowest BCUT2D eigenvalue weighted by Crippen LogP contribution is -2.64. The van der Waals surface area contributed by atoms with Crippen molar-refractivity contribution >= 4 is 11.8 Å². The number of amides is 2. The summed E-state index contributed by atoms with van der Waals surface area (Å²) in [5, 5.41) is 2.92. The molecule has 8 nitrogen and oxygen atoms in total. The van der Waals surface area contributed by atoms with Crippen molar-refractivity contribution in [3.8, 4) is 17.1 Å². The van der Waals surface area contributed by atoms with Gasteiger partial charge in [0, 0.05) is 67.1 Å². The van der Waals surface area contributed by atoms with E-state index in [0.717, 1.165) is 11.1 Å². The van der Waals surface area contributed by atoms with Crippen LogP contribution < -0.4 is 10.1 Å². The Labute approximate surface area is 267 Å². The molecule has 1 aliphatic heterocycles. The number of carbonyl (C=O) groups is 2. The van der Waals surface area contributed by atoms with Crippen LogP contribution in [0.2, 0.25) is 0 Å². The first-order valence-corrected chi connectivity index (χ1v) is 15.3. The maximum absolute atomic E-state index is 15.2. The van der Waals surface area contributed by atoms with Gasteiger partial charge in [-0.15, -0.1) is 0 Å². The lowest BCUT2D eigenvalue weighted by molar-refractivity contribution is -0.222. The van der Waals surface area contributed by atoms with E-state index < -0.39 is 41.5 Å². The summed E-state index contributed by atoms with van der Waals surface area (Å²) < 4.78 is 62.5. The highest BCUT2D eigenvalue weighted by molar-refractivity contribution is 5.89. The zero-order valence-corrected chi connectivity index (χ0v) is 26.9. The molecule has 3 aromatic rings. The molecule has 1 aromatic heterocycles. The molecule has 2 amide bonds. The maximum Gasteiger partial charge on any atom is 0.425 e. The summed E-state index contributed by atoms with van der Waals surface area (Å²) >= 11 is 0. The SMILES string of the molecule is CC(C)C(=O)N1[C@H](C)CN(Cc2c(F)cccc2OC(C(C)(C)C)C(F)(F)F)C[C@@H]1C(=O)NCc1ccc(-c2ncccn2)cc1. The highest BCUT2D eigenvalue weighted by atomic mass is 19.4. The van der Waals surface area contributed by atoms with Gasteiger partial charge >= 0.3 is 6.18 Å². The fraction of sp³-hybridized carbons (Fsp3) is 0.471. The van der Waals surface area contributed by atoms with Gasteiger partial charge in [-0.05, 0) is 30.7 Å². The van der Waals surface area contributed by atoms with Gasteiger partial charge in [0.2, 0.25) is 11.8 Å². The van der Waals surface area contributed by atoms with Crippen LogP contribution in [0.1, 0.15) is 52.7 Å². The van der Waals surface area contributed by atoms with Crippen molar-refractivity contribution < 1.29 is 31.9 Å². The summed E-state index contributed by atoms with van der Waals surface area (Å²) in [6.45, 7) is 9.94. The summed E-state index contributed by atoms with van der Waals surface area (Å²) in [6.07, 6.45) is -3.55. The Morgan fingerprint density at radius 2 is 1.65 bits per heavy atom. The summed E-state index contributed by atoms with van der Waals surface area (Å²) in [4.78, 5) is 38.8. The van der Waals surface area contributed by atoms with E-state index >= 15 is 4.39 Å². The number of carbonyl (C=O) groups excluding carboxylic acids is 2. The molecule has 0 spiro atoms. The van der Waals surface area contributed by atoms with E-state index in [1.54, 1.807) is 49.0 Å². The van der Waals surface area contributed by atoms with Crippen LogP contribution in [0.25, 0.3) is 11.4 Å². The van der Waals surface area contributed by atoms with Crippen LogP contribution in [-0.2, 0) is 22.7 Å². The molecule has 1 saturated heterocycles. The minimum absolute atomic E-state index is 0.0431. The van der Waals surface area contributed by atoms with Gasteiger partial charge in [0.05, 0.1) is 0 Å². The average Bonchev–Trinajstić information content (AvgIpc) is 2.99. The third kappa shape index (κ3) is 8.39. The van der Waals surface area contributed by atoms with E-state index in [4.69, 9.17) is 4.74 Å². The molecule has 46 heavy (non-hydrogen) atoms. The van der Waals surface area contributed by atoms with Crippen LogP contribution in [-0.4, -0.2) is 69.0 Å². The van der Waals surface area contributed by atoms with Gasteiger partial charge < -0.3 is 15.0 Å². The number of nitrogens with zero attached hydrogens (tertiary/aromatic N) is 4. The van der Waals surface area contributed by atoms with Gasteiger partial charge in [-0.2, -0.15) is 13.2 Å². The molecular weight excluding hydrogens is 602 g/mol. The molecule has 2 aromatic carbocycles. The number of rotatable bonds is 9. The molecule has 1 N–H and O–H groups in total. The number of alkyl halides is 3. The molecule has 0 bridgehead atoms. The quantitative estimate of drug-likeness (QED) is 0.288. The van der Waals surface area contributed by atoms with E-state index in [2.05, 4.69) is 15.3 Å². The Balaban J connectivity index is 1.54. The van der Waals surface area contributed by atoms with Crippen LogP contribution >= 0.6 is 0 Å². The Morgan fingerprint density at radius 3 is 2.24 bits per heavy atom. The van der Waals surface area contributed by atoms with Crippen LogP contribution in [0.4, 0.5) is 17.6 Å². The van der Waals surface area contributed by atoms with Gasteiger partial charge in [-0.1, -0.05) is 65.0 Å². The molecule has 0 radical (unpaired) electrons. The van der Waals surface area contributed by atoms with Crippen LogP contribution in [0.3, 0.4) is 0 Å². The molecule has 0 aliphatic carbocycles. The first-order valence-electron chi connectivity index (χ1n) is 15.3. The standard InChI is InChI=1S/C34H41F4N5O3/c1-21(2)31(45)43-22(3)18-42(19-25-26(35)9-7-10-28(25)46-32(33(4,5)6)34(36,37)38)20-27(43)30(44)41-17-23-11-13-24(14-12-23)29-39-15-8-16-40-29/h7-16,21-22,27,32H,17-20H2,1-6H3,(H,41,44)/t22-,27-,32?/m1/s1. The Kier molecular flexibility index (Phi) is 10.7. The lowest BCUT2D eigenvalue weighted by Gasteiger charge is -2.45. The average molecular weight is 644 g/mol. The zero-order valence-electron chi connectivity index (χ0n) is 26.9. The van der Waals surface area contributed by atoms with E-state index in [-0.39, 0.29) is 49.3 Å². The smallest absolute Gasteiger partial charge is 0.425 e. The normalized spacial score (nSPS) is 18.4. The summed E-state index contributed by atoms with van der Waals surface area (Å²) in [5.41, 5.74) is 0.291. The first-order chi connectivity index (χ1) is 21.6. The van der Waals surface area contributed by atoms with Crippen LogP contribution in [0, 0.1) is 17.2 Å². The Bertz CT molecular complexity index is 1480. The van der Waals surface area contributed by atoms with Crippen molar-refractivity contribution in [1.29, 1.82) is 0 Å². The van der Waals surface area contributed by atoms with E-state index in [9.17, 15) is 22.8 Å². The summed E-state index contributed by atoms with van der Waals surface area (Å²) in [6, 6.07) is 11.6. The lowest BCUT2D eigenvalue weighted by atomic mass is 9.88. The van der Waals surface area contributed by atoms with Crippen molar-refractivity contribution in [1.82, 2.24) is 25.1 Å². The summed E-state index contributed by atoms with van der Waals surface area (Å²) in [7, 11) is 0. The molecule has 3 atom stereocenters. The fourth-order valence-corrected chi connectivity index (χ4v) is 5.60. The number of halogens is 4. The molecule has 2 heterocycles. The number of aromatic nitrogens is 2. The number of hydrogen-bond acceptors (Lipinski definition) is 6. The molecule has 1 aliphatic rings. The van der Waals surface area contributed by atoms with Crippen molar-refractivity contribution in [2.45, 2.75) is 79.0 Å². The molecule has 1 unspecified atom stereocenters. The van der Waals surface area contributed by atoms with Crippen molar-refractivity contribution in [2.24, 2.45) is 11.3 Å². The molecule has 0 saturated carbocycles. The van der Waals surface area contributed by atoms with Gasteiger partial charge in [-0.25, -0.2) is 14.4 Å². The van der Waals surface area contributed by atoms with Crippen LogP contribution in [0.15, 0.2) is 60.9 Å². The molecular formula is C34H41F4N5O3. The minimum atomic E-state index is -4.68. The molecule has 12 heteroatoms. The second-order valence-corrected chi connectivity index (χ2v) is 13.1. The third-order valence-corrected chi connectivity index (χ3v) is 7.85. The second-order valence-electron chi connectivity index (χ2n) is 13.1. The summed E-state index contributed by atoms with van der Waals surface area (Å²) in [5.74, 6) is -1.32. The van der Waals surface area contributed by atoms with E-state index in [1.807, 2.05) is 24.3 Å². The third-order valence-electron chi connectivity index (χ3n) is 7.85. The van der Waals surface area contributed by atoms with Crippen molar-refractivity contribution in [3.05, 3.63) is 77.9 Å². The Hall–Kier alpha value is -4.06. The fourth-order valence-electron chi connectivity index (χ4n) is 5.60.